The van der Waals surface area contributed by atoms with E-state index in [1.165, 1.54) is 5.56 Å². The van der Waals surface area contributed by atoms with Gasteiger partial charge in [0, 0.05) is 31.7 Å². The average Bonchev–Trinajstić information content (AvgIpc) is 2.49. The van der Waals surface area contributed by atoms with Crippen molar-refractivity contribution in [1.82, 2.24) is 5.32 Å². The van der Waals surface area contributed by atoms with E-state index in [0.29, 0.717) is 0 Å². The highest BCUT2D eigenvalue weighted by molar-refractivity contribution is 5.90. The lowest BCUT2D eigenvalue weighted by molar-refractivity contribution is 0.255. The number of benzene rings is 2. The molecule has 0 aliphatic rings. The van der Waals surface area contributed by atoms with Crippen LogP contribution in [-0.2, 0) is 0 Å². The fourth-order valence-corrected chi connectivity index (χ4v) is 2.01. The van der Waals surface area contributed by atoms with Gasteiger partial charge in [-0.3, -0.25) is 0 Å². The van der Waals surface area contributed by atoms with Gasteiger partial charge >= 0.3 is 6.03 Å². The van der Waals surface area contributed by atoms with E-state index in [1.807, 2.05) is 80.5 Å². The average molecular weight is 295 g/mol. The molecule has 0 bridgehead atoms. The molecule has 0 aliphatic heterocycles. The summed E-state index contributed by atoms with van der Waals surface area (Å²) >= 11 is 0. The Morgan fingerprint density at radius 2 is 1.86 bits per heavy atom. The molecule has 0 atom stereocenters. The van der Waals surface area contributed by atoms with Gasteiger partial charge in [-0.15, -0.1) is 0 Å². The van der Waals surface area contributed by atoms with Crippen LogP contribution in [0.15, 0.2) is 54.7 Å². The van der Waals surface area contributed by atoms with E-state index < -0.39 is 0 Å². The van der Waals surface area contributed by atoms with Gasteiger partial charge in [-0.2, -0.15) is 0 Å². The Morgan fingerprint density at radius 3 is 2.59 bits per heavy atom. The van der Waals surface area contributed by atoms with Gasteiger partial charge in [0.15, 0.2) is 0 Å². The van der Waals surface area contributed by atoms with Crippen molar-refractivity contribution >= 4 is 23.5 Å². The highest BCUT2D eigenvalue weighted by Crippen LogP contribution is 2.17. The maximum atomic E-state index is 11.9. The topological polar surface area (TPSA) is 44.4 Å². The van der Waals surface area contributed by atoms with E-state index in [2.05, 4.69) is 10.6 Å². The zero-order chi connectivity index (χ0) is 15.9. The highest BCUT2D eigenvalue weighted by atomic mass is 16.2. The molecular formula is C18H21N3O. The molecule has 2 rings (SSSR count). The second-order valence-corrected chi connectivity index (χ2v) is 5.23. The highest BCUT2D eigenvalue weighted by Gasteiger charge is 2.01. The SMILES string of the molecule is Cc1ccccc1/C=C/NC(=O)Nc1cccc(N(C)C)c1. The monoisotopic (exact) mass is 295 g/mol. The van der Waals surface area contributed by atoms with Crippen LogP contribution in [0.5, 0.6) is 0 Å². The number of nitrogens with zero attached hydrogens (tertiary/aromatic N) is 1. The second-order valence-electron chi connectivity index (χ2n) is 5.23. The Balaban J connectivity index is 1.93. The summed E-state index contributed by atoms with van der Waals surface area (Å²) in [6.45, 7) is 2.03. The maximum absolute atomic E-state index is 11.9. The van der Waals surface area contributed by atoms with Gasteiger partial charge in [0.2, 0.25) is 0 Å². The smallest absolute Gasteiger partial charge is 0.323 e. The van der Waals surface area contributed by atoms with Gasteiger partial charge in [-0.25, -0.2) is 4.79 Å². The summed E-state index contributed by atoms with van der Waals surface area (Å²) in [7, 11) is 3.92. The van der Waals surface area contributed by atoms with Gasteiger partial charge in [-0.1, -0.05) is 30.3 Å². The Kier molecular flexibility index (Phi) is 5.20. The van der Waals surface area contributed by atoms with E-state index in [1.54, 1.807) is 6.20 Å². The predicted molar refractivity (Wildman–Crippen MR) is 93.1 cm³/mol. The molecule has 0 saturated heterocycles. The molecule has 0 radical (unpaired) electrons. The standard InChI is InChI=1S/C18H21N3O/c1-14-7-4-5-8-15(14)11-12-19-18(22)20-16-9-6-10-17(13-16)21(2)3/h4-13H,1-3H3,(H2,19,20,22)/b12-11+. The molecule has 2 aromatic carbocycles. The Hall–Kier alpha value is -2.75. The largest absolute Gasteiger partial charge is 0.378 e. The summed E-state index contributed by atoms with van der Waals surface area (Å²) < 4.78 is 0. The number of amides is 2. The van der Waals surface area contributed by atoms with Gasteiger partial charge in [0.05, 0.1) is 0 Å². The lowest BCUT2D eigenvalue weighted by atomic mass is 10.1. The van der Waals surface area contributed by atoms with Crippen LogP contribution in [-0.4, -0.2) is 20.1 Å². The van der Waals surface area contributed by atoms with Gasteiger partial charge < -0.3 is 15.5 Å². The molecule has 4 heteroatoms. The van der Waals surface area contributed by atoms with Crippen LogP contribution in [0.3, 0.4) is 0 Å². The van der Waals surface area contributed by atoms with Crippen LogP contribution in [0.4, 0.5) is 16.2 Å². The van der Waals surface area contributed by atoms with Crippen LogP contribution >= 0.6 is 0 Å². The van der Waals surface area contributed by atoms with Crippen LogP contribution in [0.2, 0.25) is 0 Å². The Labute approximate surface area is 131 Å². The van der Waals surface area contributed by atoms with E-state index in [4.69, 9.17) is 0 Å². The summed E-state index contributed by atoms with van der Waals surface area (Å²) in [5.74, 6) is 0. The van der Waals surface area contributed by atoms with Crippen molar-refractivity contribution in [2.24, 2.45) is 0 Å². The number of hydrogen-bond donors (Lipinski definition) is 2. The van der Waals surface area contributed by atoms with Crippen molar-refractivity contribution in [3.8, 4) is 0 Å². The molecule has 0 spiro atoms. The minimum Gasteiger partial charge on any atom is -0.378 e. The molecule has 0 aliphatic carbocycles. The first-order chi connectivity index (χ1) is 10.6. The first-order valence-electron chi connectivity index (χ1n) is 7.13. The van der Waals surface area contributed by atoms with Crippen LogP contribution in [0.25, 0.3) is 6.08 Å². The van der Waals surface area contributed by atoms with E-state index in [9.17, 15) is 4.79 Å². The molecule has 22 heavy (non-hydrogen) atoms. The summed E-state index contributed by atoms with van der Waals surface area (Å²) in [5, 5.41) is 5.52. The molecule has 2 N–H and O–H groups in total. The first-order valence-corrected chi connectivity index (χ1v) is 7.13. The molecule has 2 amide bonds. The van der Waals surface area contributed by atoms with Gasteiger partial charge in [-0.05, 0) is 42.3 Å². The van der Waals surface area contributed by atoms with Gasteiger partial charge in [0.25, 0.3) is 0 Å². The van der Waals surface area contributed by atoms with E-state index in [0.717, 1.165) is 16.9 Å². The quantitative estimate of drug-likeness (QED) is 0.899. The third kappa shape index (κ3) is 4.38. The fourth-order valence-electron chi connectivity index (χ4n) is 2.01. The summed E-state index contributed by atoms with van der Waals surface area (Å²) in [6.07, 6.45) is 3.53. The predicted octanol–water partition coefficient (Wildman–Crippen LogP) is 3.85. The van der Waals surface area contributed by atoms with Gasteiger partial charge in [0.1, 0.15) is 0 Å². The zero-order valence-electron chi connectivity index (χ0n) is 13.1. The van der Waals surface area contributed by atoms with Crippen molar-refractivity contribution in [2.45, 2.75) is 6.92 Å². The summed E-state index contributed by atoms with van der Waals surface area (Å²) in [6, 6.07) is 15.4. The second kappa shape index (κ2) is 7.31. The summed E-state index contributed by atoms with van der Waals surface area (Å²) in [5.41, 5.74) is 4.04. The zero-order valence-corrected chi connectivity index (χ0v) is 13.1. The lowest BCUT2D eigenvalue weighted by Crippen LogP contribution is -2.23. The maximum Gasteiger partial charge on any atom is 0.323 e. The number of carbonyl (C=O) groups excluding carboxylic acids is 1. The third-order valence-corrected chi connectivity index (χ3v) is 3.29. The molecule has 0 unspecified atom stereocenters. The minimum absolute atomic E-state index is 0.263. The molecule has 114 valence electrons. The number of anilines is 2. The summed E-state index contributed by atoms with van der Waals surface area (Å²) in [4.78, 5) is 13.9. The molecular weight excluding hydrogens is 274 g/mol. The Bertz CT molecular complexity index is 678. The third-order valence-electron chi connectivity index (χ3n) is 3.29. The van der Waals surface area contributed by atoms with Crippen molar-refractivity contribution in [2.75, 3.05) is 24.3 Å². The van der Waals surface area contributed by atoms with Crippen molar-refractivity contribution in [3.05, 3.63) is 65.9 Å². The number of carbonyl (C=O) groups is 1. The number of urea groups is 1. The Morgan fingerprint density at radius 1 is 1.09 bits per heavy atom. The lowest BCUT2D eigenvalue weighted by Gasteiger charge is -2.13. The molecule has 0 heterocycles. The molecule has 0 fully saturated rings. The van der Waals surface area contributed by atoms with Crippen molar-refractivity contribution in [3.63, 3.8) is 0 Å². The number of nitrogens with one attached hydrogen (secondary N) is 2. The van der Waals surface area contributed by atoms with E-state index >= 15 is 0 Å². The number of aryl methyl sites for hydroxylation is 1. The van der Waals surface area contributed by atoms with Crippen molar-refractivity contribution < 1.29 is 4.79 Å². The molecule has 2 aromatic rings. The van der Waals surface area contributed by atoms with Crippen LogP contribution in [0.1, 0.15) is 11.1 Å². The van der Waals surface area contributed by atoms with Crippen LogP contribution < -0.4 is 15.5 Å². The van der Waals surface area contributed by atoms with Crippen LogP contribution in [0, 0.1) is 6.92 Å². The number of hydrogen-bond acceptors (Lipinski definition) is 2. The minimum atomic E-state index is -0.263. The molecule has 0 aromatic heterocycles. The normalized spacial score (nSPS) is 10.5. The fraction of sp³-hybridized carbons (Fsp3) is 0.167. The first kappa shape index (κ1) is 15.6. The van der Waals surface area contributed by atoms with E-state index in [-0.39, 0.29) is 6.03 Å². The number of rotatable bonds is 4. The molecule has 4 nitrogen and oxygen atoms in total. The van der Waals surface area contributed by atoms with Crippen molar-refractivity contribution in [1.29, 1.82) is 0 Å². The molecule has 0 saturated carbocycles.